The van der Waals surface area contributed by atoms with Crippen LogP contribution in [0, 0.1) is 17.8 Å². The Morgan fingerprint density at radius 3 is 1.89 bits per heavy atom. The molecule has 1 fully saturated rings. The minimum absolute atomic E-state index is 0.0717. The average Bonchev–Trinajstić information content (AvgIpc) is 2.85. The lowest BCUT2D eigenvalue weighted by Gasteiger charge is -2.26. The van der Waals surface area contributed by atoms with Gasteiger partial charge in [0.25, 0.3) is 0 Å². The summed E-state index contributed by atoms with van der Waals surface area (Å²) in [4.78, 5) is 49.3. The molecule has 0 bridgehead atoms. The molecule has 1 saturated carbocycles. The number of benzene rings is 1. The molecule has 0 aromatic heterocycles. The Morgan fingerprint density at radius 2 is 1.32 bits per heavy atom. The summed E-state index contributed by atoms with van der Waals surface area (Å²) in [6.07, 6.45) is 3.64. The van der Waals surface area contributed by atoms with Crippen LogP contribution in [0.4, 0.5) is 0 Å². The number of esters is 4. The highest BCUT2D eigenvalue weighted by molar-refractivity contribution is 5.79. The zero-order valence-corrected chi connectivity index (χ0v) is 22.8. The number of carbonyl (C=O) groups excluding carboxylic acids is 4. The van der Waals surface area contributed by atoms with Gasteiger partial charge in [-0.3, -0.25) is 19.2 Å². The molecule has 206 valence electrons. The van der Waals surface area contributed by atoms with Gasteiger partial charge in [0.05, 0.1) is 17.8 Å². The maximum Gasteiger partial charge on any atom is 0.323 e. The minimum Gasteiger partial charge on any atom is -0.459 e. The van der Waals surface area contributed by atoms with Crippen molar-refractivity contribution in [3.05, 3.63) is 23.8 Å². The zero-order valence-electron chi connectivity index (χ0n) is 22.8. The topological polar surface area (TPSA) is 131 Å². The van der Waals surface area contributed by atoms with Crippen molar-refractivity contribution in [2.75, 3.05) is 0 Å². The van der Waals surface area contributed by atoms with Crippen LogP contribution >= 0.6 is 0 Å². The number of carbonyl (C=O) groups is 4. The molecule has 2 N–H and O–H groups in total. The molecule has 0 saturated heterocycles. The van der Waals surface area contributed by atoms with Crippen molar-refractivity contribution >= 4 is 23.9 Å². The molecule has 2 rings (SSSR count). The second-order valence-corrected chi connectivity index (χ2v) is 10.4. The van der Waals surface area contributed by atoms with E-state index < -0.39 is 42.1 Å². The molecule has 0 aliphatic heterocycles. The highest BCUT2D eigenvalue weighted by Gasteiger charge is 2.28. The van der Waals surface area contributed by atoms with Crippen molar-refractivity contribution < 1.29 is 38.1 Å². The Morgan fingerprint density at radius 1 is 0.784 bits per heavy atom. The van der Waals surface area contributed by atoms with E-state index in [9.17, 15) is 19.2 Å². The highest BCUT2D eigenvalue weighted by Crippen LogP contribution is 2.31. The maximum atomic E-state index is 12.6. The van der Waals surface area contributed by atoms with Gasteiger partial charge in [0, 0.05) is 0 Å². The number of hydrogen-bond donors (Lipinski definition) is 1. The summed E-state index contributed by atoms with van der Waals surface area (Å²) in [6.45, 7) is 10.1. The summed E-state index contributed by atoms with van der Waals surface area (Å²) in [6, 6.07) is 3.66. The van der Waals surface area contributed by atoms with Crippen LogP contribution in [-0.2, 0) is 35.1 Å². The van der Waals surface area contributed by atoms with Crippen LogP contribution in [0.3, 0.4) is 0 Å². The molecule has 0 heterocycles. The summed E-state index contributed by atoms with van der Waals surface area (Å²) in [5.74, 6) is -2.55. The molecular weight excluding hydrogens is 478 g/mol. The molecule has 1 aliphatic carbocycles. The fourth-order valence-electron chi connectivity index (χ4n) is 3.71. The third-order valence-electron chi connectivity index (χ3n) is 6.33. The van der Waals surface area contributed by atoms with E-state index in [1.165, 1.54) is 12.1 Å². The molecule has 37 heavy (non-hydrogen) atoms. The Bertz CT molecular complexity index is 952. The van der Waals surface area contributed by atoms with Gasteiger partial charge in [-0.05, 0) is 50.8 Å². The second-order valence-electron chi connectivity index (χ2n) is 10.4. The summed E-state index contributed by atoms with van der Waals surface area (Å²) in [5, 5.41) is 0. The quantitative estimate of drug-likeness (QED) is 0.339. The minimum atomic E-state index is -1.01. The molecule has 9 nitrogen and oxygen atoms in total. The van der Waals surface area contributed by atoms with E-state index in [2.05, 4.69) is 0 Å². The normalized spacial score (nSPS) is 16.6. The first-order valence-electron chi connectivity index (χ1n) is 13.1. The third kappa shape index (κ3) is 9.46. The summed E-state index contributed by atoms with van der Waals surface area (Å²) >= 11 is 0. The van der Waals surface area contributed by atoms with Crippen LogP contribution in [0.1, 0.15) is 79.2 Å². The van der Waals surface area contributed by atoms with E-state index in [-0.39, 0.29) is 35.7 Å². The standard InChI is InChI=1S/C28H41NO8/c1-16(2)25(30)36-23-13-12-20(15-24(23)37-26(31)17(3)4)14-22(29)28(33)35-19(6)18(5)34-27(32)21-10-8-7-9-11-21/h12-13,15-19,21-22H,7-11,14,29H2,1-6H3/t18?,19-,22-/m0/s1. The number of rotatable bonds is 11. The molecule has 1 aromatic rings. The van der Waals surface area contributed by atoms with Crippen LogP contribution in [0.5, 0.6) is 11.5 Å². The van der Waals surface area contributed by atoms with E-state index in [4.69, 9.17) is 24.7 Å². The second kappa shape index (κ2) is 14.1. The van der Waals surface area contributed by atoms with Crippen LogP contribution in [0.2, 0.25) is 0 Å². The molecule has 0 radical (unpaired) electrons. The molecule has 0 amide bonds. The molecule has 3 atom stereocenters. The van der Waals surface area contributed by atoms with Gasteiger partial charge in [-0.1, -0.05) is 53.0 Å². The summed E-state index contributed by atoms with van der Waals surface area (Å²) in [5.41, 5.74) is 6.69. The zero-order chi connectivity index (χ0) is 27.7. The lowest BCUT2D eigenvalue weighted by molar-refractivity contribution is -0.169. The predicted molar refractivity (Wildman–Crippen MR) is 137 cm³/mol. The molecule has 1 unspecified atom stereocenters. The number of nitrogens with two attached hydrogens (primary N) is 1. The van der Waals surface area contributed by atoms with Crippen molar-refractivity contribution in [3.63, 3.8) is 0 Å². The van der Waals surface area contributed by atoms with E-state index in [1.807, 2.05) is 0 Å². The predicted octanol–water partition coefficient (Wildman–Crippen LogP) is 4.12. The monoisotopic (exact) mass is 519 g/mol. The van der Waals surface area contributed by atoms with Gasteiger partial charge in [-0.15, -0.1) is 0 Å². The van der Waals surface area contributed by atoms with Gasteiger partial charge in [0.2, 0.25) is 0 Å². The fourth-order valence-corrected chi connectivity index (χ4v) is 3.71. The lowest BCUT2D eigenvalue weighted by Crippen LogP contribution is -2.40. The Labute approximate surface area is 219 Å². The van der Waals surface area contributed by atoms with E-state index in [1.54, 1.807) is 47.6 Å². The Balaban J connectivity index is 2.01. The van der Waals surface area contributed by atoms with Crippen LogP contribution < -0.4 is 15.2 Å². The van der Waals surface area contributed by atoms with Crippen LogP contribution in [-0.4, -0.2) is 42.1 Å². The molecule has 1 aromatic carbocycles. The number of hydrogen-bond acceptors (Lipinski definition) is 9. The van der Waals surface area contributed by atoms with Crippen molar-refractivity contribution in [2.45, 2.75) is 98.3 Å². The molecule has 1 aliphatic rings. The van der Waals surface area contributed by atoms with E-state index in [0.717, 1.165) is 32.1 Å². The van der Waals surface area contributed by atoms with Crippen molar-refractivity contribution in [2.24, 2.45) is 23.5 Å². The largest absolute Gasteiger partial charge is 0.459 e. The van der Waals surface area contributed by atoms with Gasteiger partial charge in [-0.2, -0.15) is 0 Å². The first kappa shape index (κ1) is 30.3. The Hall–Kier alpha value is -2.94. The average molecular weight is 520 g/mol. The van der Waals surface area contributed by atoms with Crippen molar-refractivity contribution in [1.82, 2.24) is 0 Å². The van der Waals surface area contributed by atoms with Crippen molar-refractivity contribution in [1.29, 1.82) is 0 Å². The third-order valence-corrected chi connectivity index (χ3v) is 6.33. The SMILES string of the molecule is CC(C)C(=O)Oc1ccc(C[C@H](N)C(=O)O[C@@H](C)C(C)OC(=O)C2CCCCC2)cc1OC(=O)C(C)C. The van der Waals surface area contributed by atoms with Gasteiger partial charge in [0.15, 0.2) is 11.5 Å². The van der Waals surface area contributed by atoms with Crippen LogP contribution in [0.15, 0.2) is 18.2 Å². The first-order valence-corrected chi connectivity index (χ1v) is 13.1. The Kier molecular flexibility index (Phi) is 11.6. The van der Waals surface area contributed by atoms with Gasteiger partial charge >= 0.3 is 23.9 Å². The number of ether oxygens (including phenoxy) is 4. The van der Waals surface area contributed by atoms with Crippen LogP contribution in [0.25, 0.3) is 0 Å². The maximum absolute atomic E-state index is 12.6. The van der Waals surface area contributed by atoms with E-state index in [0.29, 0.717) is 5.56 Å². The van der Waals surface area contributed by atoms with Crippen molar-refractivity contribution in [3.8, 4) is 11.5 Å². The summed E-state index contributed by atoms with van der Waals surface area (Å²) < 4.78 is 21.8. The summed E-state index contributed by atoms with van der Waals surface area (Å²) in [7, 11) is 0. The van der Waals surface area contributed by atoms with Gasteiger partial charge < -0.3 is 24.7 Å². The fraction of sp³-hybridized carbons (Fsp3) is 0.643. The molecule has 9 heteroatoms. The van der Waals surface area contributed by atoms with E-state index >= 15 is 0 Å². The molecular formula is C28H41NO8. The lowest BCUT2D eigenvalue weighted by atomic mass is 9.89. The molecule has 0 spiro atoms. The highest BCUT2D eigenvalue weighted by atomic mass is 16.6. The van der Waals surface area contributed by atoms with Gasteiger partial charge in [-0.25, -0.2) is 0 Å². The smallest absolute Gasteiger partial charge is 0.323 e. The van der Waals surface area contributed by atoms with Gasteiger partial charge in [0.1, 0.15) is 18.2 Å². The first-order chi connectivity index (χ1) is 17.4.